The van der Waals surface area contributed by atoms with Crippen LogP contribution in [0, 0.1) is 0 Å². The van der Waals surface area contributed by atoms with Crippen molar-refractivity contribution >= 4 is 12.3 Å². The van der Waals surface area contributed by atoms with Crippen LogP contribution in [0.3, 0.4) is 0 Å². The predicted octanol–water partition coefficient (Wildman–Crippen LogP) is 3.70. The first-order valence-electron chi connectivity index (χ1n) is 6.02. The summed E-state index contributed by atoms with van der Waals surface area (Å²) in [6.07, 6.45) is 6.20. The van der Waals surface area contributed by atoms with Gasteiger partial charge in [-0.15, -0.1) is 0 Å². The van der Waals surface area contributed by atoms with E-state index in [1.807, 2.05) is 13.1 Å². The Hall–Kier alpha value is -1.89. The first kappa shape index (κ1) is 10.3. The van der Waals surface area contributed by atoms with Gasteiger partial charge in [0.2, 0.25) is 0 Å². The van der Waals surface area contributed by atoms with E-state index in [4.69, 9.17) is 0 Å². The van der Waals surface area contributed by atoms with Crippen molar-refractivity contribution in [1.82, 2.24) is 0 Å². The Labute approximate surface area is 102 Å². The summed E-state index contributed by atoms with van der Waals surface area (Å²) in [5, 5.41) is 0. The molecule has 0 aromatic heterocycles. The third kappa shape index (κ3) is 2.28. The van der Waals surface area contributed by atoms with E-state index in [2.05, 4.69) is 47.5 Å². The van der Waals surface area contributed by atoms with Crippen molar-refractivity contribution in [3.8, 4) is 0 Å². The average Bonchev–Trinajstić information content (AvgIpc) is 3.07. The molecule has 1 aromatic rings. The number of nitrogens with zero attached hydrogens (tertiary/aromatic N) is 1. The third-order valence-electron chi connectivity index (χ3n) is 3.18. The summed E-state index contributed by atoms with van der Waals surface area (Å²) in [5.74, 6) is 0. The molecule has 0 amide bonds. The Bertz CT molecular complexity index is 578. The zero-order valence-corrected chi connectivity index (χ0v) is 9.98. The van der Waals surface area contributed by atoms with Gasteiger partial charge in [-0.1, -0.05) is 36.4 Å². The summed E-state index contributed by atoms with van der Waals surface area (Å²) in [6, 6.07) is 13.1. The van der Waals surface area contributed by atoms with E-state index in [1.54, 1.807) is 0 Å². The van der Waals surface area contributed by atoms with Gasteiger partial charge in [-0.05, 0) is 41.7 Å². The summed E-state index contributed by atoms with van der Waals surface area (Å²) in [5.41, 5.74) is 6.61. The predicted molar refractivity (Wildman–Crippen MR) is 72.7 cm³/mol. The molecule has 3 rings (SSSR count). The van der Waals surface area contributed by atoms with Crippen molar-refractivity contribution in [1.29, 1.82) is 0 Å². The lowest BCUT2D eigenvalue weighted by Crippen LogP contribution is -1.85. The first-order chi connectivity index (χ1) is 8.33. The van der Waals surface area contributed by atoms with Crippen LogP contribution in [0.1, 0.15) is 29.2 Å². The van der Waals surface area contributed by atoms with Gasteiger partial charge in [-0.25, -0.2) is 0 Å². The van der Waals surface area contributed by atoms with Crippen LogP contribution in [0.5, 0.6) is 0 Å². The SMILES string of the molecule is CC1=Cc2ccccc3c(ccc2CC=N1)C3. The molecule has 0 unspecified atom stereocenters. The maximum atomic E-state index is 4.38. The van der Waals surface area contributed by atoms with Crippen molar-refractivity contribution in [2.75, 3.05) is 0 Å². The molecular weight excluding hydrogens is 206 g/mol. The van der Waals surface area contributed by atoms with Gasteiger partial charge in [0.1, 0.15) is 0 Å². The van der Waals surface area contributed by atoms with E-state index in [9.17, 15) is 0 Å². The highest BCUT2D eigenvalue weighted by molar-refractivity contribution is 5.71. The lowest BCUT2D eigenvalue weighted by atomic mass is 10.1. The number of allylic oxidation sites excluding steroid dienone is 1. The summed E-state index contributed by atoms with van der Waals surface area (Å²) in [4.78, 5) is 4.38. The molecule has 2 aliphatic rings. The molecule has 0 bridgehead atoms. The molecular formula is C16H15N. The van der Waals surface area contributed by atoms with Crippen LogP contribution in [0.2, 0.25) is 0 Å². The third-order valence-corrected chi connectivity index (χ3v) is 3.18. The molecule has 0 atom stereocenters. The minimum absolute atomic E-state index is 0.913. The zero-order valence-electron chi connectivity index (χ0n) is 9.98. The summed E-state index contributed by atoms with van der Waals surface area (Å²) in [6.45, 7) is 2.04. The van der Waals surface area contributed by atoms with Crippen molar-refractivity contribution < 1.29 is 0 Å². The second-order valence-corrected chi connectivity index (χ2v) is 4.56. The van der Waals surface area contributed by atoms with E-state index in [0.717, 1.165) is 18.5 Å². The molecule has 1 aliphatic carbocycles. The minimum Gasteiger partial charge on any atom is -0.266 e. The van der Waals surface area contributed by atoms with E-state index in [1.165, 1.54) is 22.3 Å². The van der Waals surface area contributed by atoms with Gasteiger partial charge in [0.25, 0.3) is 0 Å². The molecule has 0 spiro atoms. The highest BCUT2D eigenvalue weighted by Gasteiger charge is 2.12. The van der Waals surface area contributed by atoms with Crippen LogP contribution in [0.25, 0.3) is 6.08 Å². The van der Waals surface area contributed by atoms with E-state index < -0.39 is 0 Å². The fourth-order valence-corrected chi connectivity index (χ4v) is 2.11. The van der Waals surface area contributed by atoms with Crippen molar-refractivity contribution in [3.63, 3.8) is 0 Å². The van der Waals surface area contributed by atoms with E-state index in [-0.39, 0.29) is 0 Å². The number of aliphatic imine (C=N–C) groups is 1. The standard InChI is InChI=1S/C16H15N/c1-12-10-14-4-2-3-5-15-11-16(15)7-6-13(14)8-9-17-12/h2-7,9-10H,8,11H2,1H3. The molecule has 1 nitrogen and oxygen atoms in total. The van der Waals surface area contributed by atoms with Crippen LogP contribution in [0.15, 0.2) is 47.1 Å². The van der Waals surface area contributed by atoms with E-state index in [0.29, 0.717) is 0 Å². The maximum absolute atomic E-state index is 4.38. The van der Waals surface area contributed by atoms with Crippen LogP contribution in [-0.4, -0.2) is 6.21 Å². The Kier molecular flexibility index (Phi) is 2.52. The van der Waals surface area contributed by atoms with Crippen LogP contribution < -0.4 is 0 Å². The Morgan fingerprint density at radius 3 is 2.65 bits per heavy atom. The summed E-state index contributed by atoms with van der Waals surface area (Å²) < 4.78 is 0. The Morgan fingerprint density at radius 1 is 0.941 bits per heavy atom. The molecule has 17 heavy (non-hydrogen) atoms. The highest BCUT2D eigenvalue weighted by Crippen LogP contribution is 2.25. The first-order valence-corrected chi connectivity index (χ1v) is 6.02. The van der Waals surface area contributed by atoms with Crippen molar-refractivity contribution in [2.45, 2.75) is 19.8 Å². The van der Waals surface area contributed by atoms with Crippen LogP contribution in [0.4, 0.5) is 0 Å². The number of rotatable bonds is 0. The lowest BCUT2D eigenvalue weighted by Gasteiger charge is -1.97. The molecule has 0 saturated heterocycles. The monoisotopic (exact) mass is 221 g/mol. The largest absolute Gasteiger partial charge is 0.266 e. The quantitative estimate of drug-likeness (QED) is 0.643. The van der Waals surface area contributed by atoms with Crippen LogP contribution >= 0.6 is 0 Å². The maximum Gasteiger partial charge on any atom is 0.0374 e. The normalized spacial score (nSPS) is 15.0. The molecule has 0 saturated carbocycles. The number of fused-ring (bicyclic) bond motifs is 2. The fraction of sp³-hybridized carbons (Fsp3) is 0.188. The minimum atomic E-state index is 0.913. The molecule has 1 heterocycles. The van der Waals surface area contributed by atoms with Gasteiger partial charge in [-0.3, -0.25) is 4.99 Å². The second kappa shape index (κ2) is 4.17. The van der Waals surface area contributed by atoms with Gasteiger partial charge in [0.05, 0.1) is 0 Å². The zero-order chi connectivity index (χ0) is 11.7. The fourth-order valence-electron chi connectivity index (χ4n) is 2.11. The summed E-state index contributed by atoms with van der Waals surface area (Å²) >= 11 is 0. The molecule has 1 heteroatoms. The van der Waals surface area contributed by atoms with Crippen molar-refractivity contribution in [2.24, 2.45) is 4.99 Å². The molecule has 84 valence electrons. The average molecular weight is 221 g/mol. The number of hydrogen-bond donors (Lipinski definition) is 0. The smallest absolute Gasteiger partial charge is 0.0374 e. The van der Waals surface area contributed by atoms with Gasteiger partial charge in [0, 0.05) is 18.3 Å². The van der Waals surface area contributed by atoms with Crippen LogP contribution in [-0.2, 0) is 12.8 Å². The van der Waals surface area contributed by atoms with Crippen molar-refractivity contribution in [3.05, 3.63) is 64.3 Å². The molecule has 0 radical (unpaired) electrons. The van der Waals surface area contributed by atoms with Gasteiger partial charge in [0.15, 0.2) is 0 Å². The van der Waals surface area contributed by atoms with Gasteiger partial charge >= 0.3 is 0 Å². The molecule has 1 aliphatic heterocycles. The topological polar surface area (TPSA) is 12.4 Å². The Morgan fingerprint density at radius 2 is 1.71 bits per heavy atom. The van der Waals surface area contributed by atoms with Gasteiger partial charge < -0.3 is 0 Å². The number of hydrogen-bond acceptors (Lipinski definition) is 1. The van der Waals surface area contributed by atoms with E-state index >= 15 is 0 Å². The highest BCUT2D eigenvalue weighted by atomic mass is 14.7. The summed E-state index contributed by atoms with van der Waals surface area (Å²) in [7, 11) is 0. The molecule has 1 aromatic carbocycles. The second-order valence-electron chi connectivity index (χ2n) is 4.56. The lowest BCUT2D eigenvalue weighted by molar-refractivity contribution is 1.32. The Balaban J connectivity index is 2.20. The van der Waals surface area contributed by atoms with Gasteiger partial charge in [-0.2, -0.15) is 0 Å². The molecule has 0 fully saturated rings. The molecule has 0 N–H and O–H groups in total.